The van der Waals surface area contributed by atoms with Gasteiger partial charge in [0, 0.05) is 16.0 Å². The summed E-state index contributed by atoms with van der Waals surface area (Å²) in [6, 6.07) is 8.32. The first kappa shape index (κ1) is 12.0. The molecule has 0 spiro atoms. The van der Waals surface area contributed by atoms with Crippen molar-refractivity contribution in [3.8, 4) is 16.9 Å². The molecule has 1 aromatic carbocycles. The average Bonchev–Trinajstić information content (AvgIpc) is 2.61. The van der Waals surface area contributed by atoms with E-state index in [9.17, 15) is 0 Å². The highest BCUT2D eigenvalue weighted by Crippen LogP contribution is 2.39. The number of rotatable bonds is 3. The molecule has 0 atom stereocenters. The highest BCUT2D eigenvalue weighted by Gasteiger charge is 2.12. The zero-order chi connectivity index (χ0) is 12.4. The molecule has 1 heterocycles. The van der Waals surface area contributed by atoms with Crippen molar-refractivity contribution in [3.63, 3.8) is 0 Å². The van der Waals surface area contributed by atoms with Crippen molar-refractivity contribution in [1.29, 1.82) is 0 Å². The molecule has 0 aliphatic rings. The summed E-state index contributed by atoms with van der Waals surface area (Å²) in [5.74, 6) is 0.905. The molecule has 2 rings (SSSR count). The van der Waals surface area contributed by atoms with E-state index in [1.807, 2.05) is 13.0 Å². The van der Waals surface area contributed by atoms with Crippen molar-refractivity contribution in [2.45, 2.75) is 20.8 Å². The van der Waals surface area contributed by atoms with Crippen LogP contribution in [0.4, 0.5) is 5.00 Å². The van der Waals surface area contributed by atoms with Gasteiger partial charge in [0.15, 0.2) is 0 Å². The smallest absolute Gasteiger partial charge is 0.127 e. The van der Waals surface area contributed by atoms with Crippen LogP contribution in [0.1, 0.15) is 17.4 Å². The Morgan fingerprint density at radius 1 is 1.18 bits per heavy atom. The maximum atomic E-state index is 6.05. The molecule has 0 unspecified atom stereocenters. The van der Waals surface area contributed by atoms with Gasteiger partial charge in [-0.1, -0.05) is 11.6 Å². The molecule has 0 bridgehead atoms. The predicted molar refractivity (Wildman–Crippen MR) is 74.8 cm³/mol. The number of nitrogen functional groups attached to an aromatic ring is 1. The first-order chi connectivity index (χ1) is 8.11. The fourth-order valence-corrected chi connectivity index (χ4v) is 2.68. The molecule has 3 heteroatoms. The zero-order valence-electron chi connectivity index (χ0n) is 10.4. The van der Waals surface area contributed by atoms with Gasteiger partial charge in [0.05, 0.1) is 11.6 Å². The van der Waals surface area contributed by atoms with Crippen LogP contribution >= 0.6 is 11.3 Å². The van der Waals surface area contributed by atoms with Crippen molar-refractivity contribution >= 4 is 16.3 Å². The van der Waals surface area contributed by atoms with E-state index in [2.05, 4.69) is 32.0 Å². The maximum absolute atomic E-state index is 6.05. The van der Waals surface area contributed by atoms with E-state index >= 15 is 0 Å². The lowest BCUT2D eigenvalue weighted by atomic mass is 10.0. The van der Waals surface area contributed by atoms with Gasteiger partial charge in [0.25, 0.3) is 0 Å². The molecular formula is C14H17NOS. The zero-order valence-corrected chi connectivity index (χ0v) is 11.2. The minimum Gasteiger partial charge on any atom is -0.493 e. The van der Waals surface area contributed by atoms with Crippen molar-refractivity contribution in [2.24, 2.45) is 0 Å². The number of benzene rings is 1. The number of hydrogen-bond acceptors (Lipinski definition) is 3. The Hall–Kier alpha value is -1.48. The number of hydrogen-bond donors (Lipinski definition) is 1. The van der Waals surface area contributed by atoms with Gasteiger partial charge in [-0.25, -0.2) is 0 Å². The SMILES string of the molecule is CCOc1ccc(C)cc1-c1cc(C)sc1N. The number of ether oxygens (including phenoxy) is 1. The van der Waals surface area contributed by atoms with E-state index in [0.29, 0.717) is 6.61 Å². The lowest BCUT2D eigenvalue weighted by Gasteiger charge is -2.10. The summed E-state index contributed by atoms with van der Waals surface area (Å²) in [5, 5.41) is 0.856. The number of nitrogens with two attached hydrogens (primary N) is 1. The van der Waals surface area contributed by atoms with Gasteiger partial charge in [-0.2, -0.15) is 0 Å². The standard InChI is InChI=1S/C14H17NOS/c1-4-16-13-6-5-9(2)7-11(13)12-8-10(3)17-14(12)15/h5-8H,4,15H2,1-3H3. The molecule has 2 N–H and O–H groups in total. The van der Waals surface area contributed by atoms with E-state index < -0.39 is 0 Å². The maximum Gasteiger partial charge on any atom is 0.127 e. The van der Waals surface area contributed by atoms with Gasteiger partial charge in [-0.05, 0) is 39.0 Å². The Balaban J connectivity index is 2.56. The lowest BCUT2D eigenvalue weighted by molar-refractivity contribution is 0.341. The summed E-state index contributed by atoms with van der Waals surface area (Å²) in [6.07, 6.45) is 0. The summed E-state index contributed by atoms with van der Waals surface area (Å²) in [4.78, 5) is 1.22. The molecule has 17 heavy (non-hydrogen) atoms. The van der Waals surface area contributed by atoms with Crippen LogP contribution in [0.5, 0.6) is 5.75 Å². The molecule has 0 fully saturated rings. The van der Waals surface area contributed by atoms with Crippen molar-refractivity contribution in [1.82, 2.24) is 0 Å². The first-order valence-corrected chi connectivity index (χ1v) is 6.53. The summed E-state index contributed by atoms with van der Waals surface area (Å²) in [5.41, 5.74) is 9.44. The quantitative estimate of drug-likeness (QED) is 0.889. The third kappa shape index (κ3) is 2.44. The van der Waals surface area contributed by atoms with Crippen LogP contribution in [0.2, 0.25) is 0 Å². The van der Waals surface area contributed by atoms with Gasteiger partial charge in [0.2, 0.25) is 0 Å². The normalized spacial score (nSPS) is 10.5. The van der Waals surface area contributed by atoms with E-state index in [1.165, 1.54) is 10.4 Å². The van der Waals surface area contributed by atoms with E-state index in [-0.39, 0.29) is 0 Å². The first-order valence-electron chi connectivity index (χ1n) is 5.71. The highest BCUT2D eigenvalue weighted by atomic mass is 32.1. The van der Waals surface area contributed by atoms with Crippen molar-refractivity contribution in [3.05, 3.63) is 34.7 Å². The largest absolute Gasteiger partial charge is 0.493 e. The molecule has 0 amide bonds. The average molecular weight is 247 g/mol. The molecule has 0 radical (unpaired) electrons. The topological polar surface area (TPSA) is 35.2 Å². The van der Waals surface area contributed by atoms with E-state index in [1.54, 1.807) is 11.3 Å². The number of thiophene rings is 1. The van der Waals surface area contributed by atoms with Gasteiger partial charge in [-0.15, -0.1) is 11.3 Å². The predicted octanol–water partition coefficient (Wildman–Crippen LogP) is 4.01. The molecule has 2 nitrogen and oxygen atoms in total. The molecule has 0 saturated carbocycles. The van der Waals surface area contributed by atoms with Gasteiger partial charge >= 0.3 is 0 Å². The molecule has 0 saturated heterocycles. The Labute approximate surface area is 106 Å². The lowest BCUT2D eigenvalue weighted by Crippen LogP contribution is -1.95. The monoisotopic (exact) mass is 247 g/mol. The van der Waals surface area contributed by atoms with Crippen LogP contribution in [0.15, 0.2) is 24.3 Å². The second-order valence-electron chi connectivity index (χ2n) is 4.07. The molecule has 1 aromatic heterocycles. The minimum atomic E-state index is 0.666. The molecule has 0 aliphatic heterocycles. The van der Waals surface area contributed by atoms with Crippen LogP contribution in [0, 0.1) is 13.8 Å². The van der Waals surface area contributed by atoms with Crippen molar-refractivity contribution < 1.29 is 4.74 Å². The highest BCUT2D eigenvalue weighted by molar-refractivity contribution is 7.16. The second kappa shape index (κ2) is 4.80. The third-order valence-electron chi connectivity index (χ3n) is 2.61. The summed E-state index contributed by atoms with van der Waals surface area (Å²) >= 11 is 1.62. The Kier molecular flexibility index (Phi) is 3.38. The van der Waals surface area contributed by atoms with Gasteiger partial charge in [0.1, 0.15) is 5.75 Å². The summed E-state index contributed by atoms with van der Waals surface area (Å²) in [6.45, 7) is 6.81. The van der Waals surface area contributed by atoms with E-state index in [0.717, 1.165) is 21.9 Å². The van der Waals surface area contributed by atoms with Crippen molar-refractivity contribution in [2.75, 3.05) is 12.3 Å². The second-order valence-corrected chi connectivity index (χ2v) is 5.36. The Morgan fingerprint density at radius 3 is 2.53 bits per heavy atom. The molecule has 2 aromatic rings. The minimum absolute atomic E-state index is 0.666. The molecular weight excluding hydrogens is 230 g/mol. The molecule has 0 aliphatic carbocycles. The van der Waals surface area contributed by atoms with Crippen LogP contribution in [0.25, 0.3) is 11.1 Å². The summed E-state index contributed by atoms with van der Waals surface area (Å²) < 4.78 is 5.66. The Bertz CT molecular complexity index is 531. The van der Waals surface area contributed by atoms with Crippen LogP contribution < -0.4 is 10.5 Å². The van der Waals surface area contributed by atoms with Crippen LogP contribution in [-0.4, -0.2) is 6.61 Å². The van der Waals surface area contributed by atoms with E-state index in [4.69, 9.17) is 10.5 Å². The number of anilines is 1. The third-order valence-corrected chi connectivity index (χ3v) is 3.49. The number of aryl methyl sites for hydroxylation is 2. The van der Waals surface area contributed by atoms with Crippen LogP contribution in [0.3, 0.4) is 0 Å². The fraction of sp³-hybridized carbons (Fsp3) is 0.286. The summed E-state index contributed by atoms with van der Waals surface area (Å²) in [7, 11) is 0. The Morgan fingerprint density at radius 2 is 1.94 bits per heavy atom. The van der Waals surface area contributed by atoms with Gasteiger partial charge in [-0.3, -0.25) is 0 Å². The van der Waals surface area contributed by atoms with Crippen LogP contribution in [-0.2, 0) is 0 Å². The fourth-order valence-electron chi connectivity index (χ4n) is 1.88. The van der Waals surface area contributed by atoms with Gasteiger partial charge < -0.3 is 10.5 Å². The molecule has 90 valence electrons.